The van der Waals surface area contributed by atoms with Crippen LogP contribution in [0.3, 0.4) is 0 Å². The van der Waals surface area contributed by atoms with Gasteiger partial charge in [-0.05, 0) is 52.2 Å². The third-order valence-corrected chi connectivity index (χ3v) is 6.08. The van der Waals surface area contributed by atoms with Crippen LogP contribution in [0.2, 0.25) is 0 Å². The summed E-state index contributed by atoms with van der Waals surface area (Å²) in [5.74, 6) is -0.421. The molecule has 2 amide bonds. The molecule has 0 radical (unpaired) electrons. The molecule has 190 valence electrons. The summed E-state index contributed by atoms with van der Waals surface area (Å²) in [5, 5.41) is 0.996. The van der Waals surface area contributed by atoms with Crippen LogP contribution in [0, 0.1) is 0 Å². The highest BCUT2D eigenvalue weighted by molar-refractivity contribution is 5.87. The number of aromatic nitrogens is 1. The number of ether oxygens (including phenoxy) is 3. The maximum absolute atomic E-state index is 13.6. The molecule has 1 atom stereocenters. The number of morpholine rings is 1. The smallest absolute Gasteiger partial charge is 0.410 e. The van der Waals surface area contributed by atoms with E-state index in [-0.39, 0.29) is 37.6 Å². The zero-order valence-electron chi connectivity index (χ0n) is 21.0. The summed E-state index contributed by atoms with van der Waals surface area (Å²) in [6.45, 7) is 8.94. The third kappa shape index (κ3) is 6.14. The second-order valence-corrected chi connectivity index (χ2v) is 10.1. The quantitative estimate of drug-likeness (QED) is 0.559. The number of benzene rings is 1. The number of carbonyl (C=O) groups is 3. The molecule has 0 bridgehead atoms. The van der Waals surface area contributed by atoms with E-state index in [0.29, 0.717) is 19.7 Å². The van der Waals surface area contributed by atoms with E-state index in [1.165, 1.54) is 0 Å². The molecule has 2 aliphatic rings. The fourth-order valence-electron chi connectivity index (χ4n) is 4.36. The van der Waals surface area contributed by atoms with E-state index in [2.05, 4.69) is 0 Å². The molecule has 4 rings (SSSR count). The first-order valence-electron chi connectivity index (χ1n) is 12.3. The Morgan fingerprint density at radius 1 is 1.17 bits per heavy atom. The van der Waals surface area contributed by atoms with Crippen molar-refractivity contribution >= 4 is 28.9 Å². The highest BCUT2D eigenvalue weighted by Gasteiger charge is 2.39. The van der Waals surface area contributed by atoms with Crippen molar-refractivity contribution in [3.05, 3.63) is 36.0 Å². The third-order valence-electron chi connectivity index (χ3n) is 6.08. The number of carbonyl (C=O) groups excluding carboxylic acids is 3. The molecule has 1 saturated heterocycles. The fraction of sp³-hybridized carbons (Fsp3) is 0.577. The van der Waals surface area contributed by atoms with Crippen molar-refractivity contribution < 1.29 is 28.6 Å². The molecule has 9 heteroatoms. The summed E-state index contributed by atoms with van der Waals surface area (Å²) < 4.78 is 18.3. The number of amides is 2. The number of rotatable bonds is 7. The van der Waals surface area contributed by atoms with Gasteiger partial charge >= 0.3 is 12.1 Å². The molecular formula is C26H35N3O6. The molecule has 1 saturated carbocycles. The van der Waals surface area contributed by atoms with Crippen LogP contribution in [0.5, 0.6) is 0 Å². The van der Waals surface area contributed by atoms with E-state index in [1.807, 2.05) is 60.7 Å². The average molecular weight is 486 g/mol. The topological polar surface area (TPSA) is 90.3 Å². The van der Waals surface area contributed by atoms with Gasteiger partial charge in [0.15, 0.2) is 6.10 Å². The van der Waals surface area contributed by atoms with Gasteiger partial charge in [-0.3, -0.25) is 9.59 Å². The van der Waals surface area contributed by atoms with Crippen LogP contribution in [-0.4, -0.2) is 76.4 Å². The second-order valence-electron chi connectivity index (χ2n) is 10.1. The largest absolute Gasteiger partial charge is 0.465 e. The van der Waals surface area contributed by atoms with E-state index in [9.17, 15) is 14.4 Å². The van der Waals surface area contributed by atoms with Crippen molar-refractivity contribution in [3.63, 3.8) is 0 Å². The predicted molar refractivity (Wildman–Crippen MR) is 130 cm³/mol. The van der Waals surface area contributed by atoms with Crippen molar-refractivity contribution in [2.24, 2.45) is 0 Å². The van der Waals surface area contributed by atoms with E-state index in [0.717, 1.165) is 29.3 Å². The van der Waals surface area contributed by atoms with Crippen molar-refractivity contribution in [2.45, 2.75) is 71.4 Å². The number of esters is 1. The number of hydrogen-bond acceptors (Lipinski definition) is 6. The normalized spacial score (nSPS) is 18.4. The second kappa shape index (κ2) is 10.3. The Kier molecular flexibility index (Phi) is 7.35. The van der Waals surface area contributed by atoms with E-state index < -0.39 is 17.8 Å². The van der Waals surface area contributed by atoms with Crippen LogP contribution in [0.1, 0.15) is 46.1 Å². The molecule has 1 aromatic carbocycles. The van der Waals surface area contributed by atoms with Gasteiger partial charge in [-0.2, -0.15) is 0 Å². The predicted octanol–water partition coefficient (Wildman–Crippen LogP) is 3.33. The van der Waals surface area contributed by atoms with Gasteiger partial charge in [0.2, 0.25) is 0 Å². The lowest BCUT2D eigenvalue weighted by Crippen LogP contribution is -2.53. The highest BCUT2D eigenvalue weighted by atomic mass is 16.6. The van der Waals surface area contributed by atoms with Crippen LogP contribution in [0.4, 0.5) is 4.79 Å². The summed E-state index contributed by atoms with van der Waals surface area (Å²) in [6, 6.07) is 7.99. The van der Waals surface area contributed by atoms with Crippen LogP contribution in [-0.2, 0) is 36.9 Å². The number of fused-ring (bicyclic) bond motifs is 1. The van der Waals surface area contributed by atoms with Crippen LogP contribution in [0.15, 0.2) is 30.5 Å². The highest BCUT2D eigenvalue weighted by Crippen LogP contribution is 2.32. The molecule has 35 heavy (non-hydrogen) atoms. The van der Waals surface area contributed by atoms with Gasteiger partial charge in [0, 0.05) is 36.2 Å². The minimum absolute atomic E-state index is 0.113. The summed E-state index contributed by atoms with van der Waals surface area (Å²) in [5.41, 5.74) is 1.28. The first-order chi connectivity index (χ1) is 16.7. The van der Waals surface area contributed by atoms with Gasteiger partial charge < -0.3 is 28.6 Å². The van der Waals surface area contributed by atoms with Crippen molar-refractivity contribution in [3.8, 4) is 0 Å². The Bertz CT molecular complexity index is 1080. The molecule has 2 fully saturated rings. The van der Waals surface area contributed by atoms with Crippen LogP contribution in [0.25, 0.3) is 10.9 Å². The first kappa shape index (κ1) is 25.0. The van der Waals surface area contributed by atoms with Gasteiger partial charge in [0.25, 0.3) is 5.91 Å². The van der Waals surface area contributed by atoms with E-state index in [4.69, 9.17) is 14.2 Å². The number of hydrogen-bond donors (Lipinski definition) is 0. The summed E-state index contributed by atoms with van der Waals surface area (Å²) in [4.78, 5) is 41.7. The van der Waals surface area contributed by atoms with Gasteiger partial charge in [0.1, 0.15) is 12.1 Å². The molecule has 1 aliphatic carbocycles. The summed E-state index contributed by atoms with van der Waals surface area (Å²) in [7, 11) is 0. The molecule has 1 unspecified atom stereocenters. The van der Waals surface area contributed by atoms with Crippen LogP contribution >= 0.6 is 0 Å². The standard InChI is InChI=1S/C26H35N3O6/c1-5-33-23(30)17-28-14-18(20-8-6-7-9-21(20)28)15-29(19-10-11-19)24(31)22-16-27(12-13-34-22)25(32)35-26(2,3)4/h6-9,14,19,22H,5,10-13,15-17H2,1-4H3. The van der Waals surface area contributed by atoms with Gasteiger partial charge in [-0.15, -0.1) is 0 Å². The number of para-hydroxylation sites is 1. The lowest BCUT2D eigenvalue weighted by molar-refractivity contribution is -0.150. The molecule has 2 aromatic rings. The Morgan fingerprint density at radius 2 is 1.91 bits per heavy atom. The Morgan fingerprint density at radius 3 is 2.60 bits per heavy atom. The maximum Gasteiger partial charge on any atom is 0.410 e. The summed E-state index contributed by atoms with van der Waals surface area (Å²) in [6.07, 6.45) is 2.65. The maximum atomic E-state index is 13.6. The van der Waals surface area contributed by atoms with E-state index in [1.54, 1.807) is 11.8 Å². The zero-order valence-corrected chi connectivity index (χ0v) is 21.0. The zero-order chi connectivity index (χ0) is 25.2. The fourth-order valence-corrected chi connectivity index (χ4v) is 4.36. The molecule has 2 heterocycles. The lowest BCUT2D eigenvalue weighted by Gasteiger charge is -2.35. The Hall–Kier alpha value is -3.07. The van der Waals surface area contributed by atoms with Gasteiger partial charge in [-0.25, -0.2) is 4.79 Å². The van der Waals surface area contributed by atoms with Gasteiger partial charge in [-0.1, -0.05) is 18.2 Å². The van der Waals surface area contributed by atoms with Gasteiger partial charge in [0.05, 0.1) is 19.8 Å². The average Bonchev–Trinajstić information content (AvgIpc) is 3.60. The molecule has 1 aliphatic heterocycles. The van der Waals surface area contributed by atoms with E-state index >= 15 is 0 Å². The van der Waals surface area contributed by atoms with Crippen molar-refractivity contribution in [2.75, 3.05) is 26.3 Å². The van der Waals surface area contributed by atoms with Crippen molar-refractivity contribution in [1.82, 2.24) is 14.4 Å². The number of nitrogens with zero attached hydrogens (tertiary/aromatic N) is 3. The Labute approximate surface area is 205 Å². The molecule has 1 aromatic heterocycles. The molecule has 9 nitrogen and oxygen atoms in total. The minimum atomic E-state index is -0.732. The lowest BCUT2D eigenvalue weighted by atomic mass is 10.1. The van der Waals surface area contributed by atoms with Crippen LogP contribution < -0.4 is 0 Å². The summed E-state index contributed by atoms with van der Waals surface area (Å²) >= 11 is 0. The molecule has 0 N–H and O–H groups in total. The first-order valence-corrected chi connectivity index (χ1v) is 12.3. The molecular weight excluding hydrogens is 450 g/mol. The Balaban J connectivity index is 1.51. The van der Waals surface area contributed by atoms with Crippen molar-refractivity contribution in [1.29, 1.82) is 0 Å². The SMILES string of the molecule is CCOC(=O)Cn1cc(CN(C(=O)C2CN(C(=O)OC(C)(C)C)CCO2)C2CC2)c2ccccc21. The minimum Gasteiger partial charge on any atom is -0.465 e. The molecule has 0 spiro atoms. The monoisotopic (exact) mass is 485 g/mol.